The number of hydrogen-bond acceptors (Lipinski definition) is 7. The second-order valence-corrected chi connectivity index (χ2v) is 9.20. The molecule has 0 bridgehead atoms. The van der Waals surface area contributed by atoms with Crippen LogP contribution in [0.25, 0.3) is 11.4 Å². The van der Waals surface area contributed by atoms with Gasteiger partial charge in [0.25, 0.3) is 0 Å². The van der Waals surface area contributed by atoms with Crippen LogP contribution in [0.1, 0.15) is 32.4 Å². The van der Waals surface area contributed by atoms with E-state index in [4.69, 9.17) is 4.74 Å². The molecule has 0 saturated carbocycles. The molecule has 1 saturated heterocycles. The number of aliphatic hydroxyl groups is 1. The summed E-state index contributed by atoms with van der Waals surface area (Å²) in [7, 11) is 0. The first-order valence-corrected chi connectivity index (χ1v) is 10.9. The van der Waals surface area contributed by atoms with Crippen molar-refractivity contribution in [2.45, 2.75) is 44.7 Å². The average molecular weight is 490 g/mol. The number of anilines is 2. The molecule has 2 heterocycles. The number of ether oxygens (including phenoxy) is 1. The van der Waals surface area contributed by atoms with Crippen LogP contribution in [0.5, 0.6) is 0 Å². The first-order valence-electron chi connectivity index (χ1n) is 10.9. The zero-order valence-corrected chi connectivity index (χ0v) is 19.3. The van der Waals surface area contributed by atoms with E-state index in [2.05, 4.69) is 20.7 Å². The molecule has 186 valence electrons. The number of aliphatic hydroxyl groups excluding tert-OH is 1. The molecule has 1 aromatic heterocycles. The van der Waals surface area contributed by atoms with Crippen molar-refractivity contribution in [3.05, 3.63) is 54.1 Å². The van der Waals surface area contributed by atoms with Crippen molar-refractivity contribution < 1.29 is 27.8 Å². The number of para-hydroxylation sites is 1. The molecule has 2 aromatic carbocycles. The Labute approximate surface area is 199 Å². The lowest BCUT2D eigenvalue weighted by atomic mass is 10.1. The molecule has 9 nitrogen and oxygen atoms in total. The Balaban J connectivity index is 1.51. The van der Waals surface area contributed by atoms with Gasteiger partial charge in [0.15, 0.2) is 0 Å². The van der Waals surface area contributed by atoms with E-state index in [-0.39, 0.29) is 18.9 Å². The SMILES string of the molecule is CC(C)(C)OC(=O)N1CC(O)C(n2nnc(-c3ccccc3Nc3ccc(C(F)(F)F)cc3)n2)C1. The van der Waals surface area contributed by atoms with Gasteiger partial charge in [0.2, 0.25) is 5.82 Å². The van der Waals surface area contributed by atoms with Gasteiger partial charge < -0.3 is 20.1 Å². The van der Waals surface area contributed by atoms with E-state index in [0.717, 1.165) is 12.1 Å². The van der Waals surface area contributed by atoms with Crippen LogP contribution in [0.15, 0.2) is 48.5 Å². The molecule has 1 aliphatic heterocycles. The average Bonchev–Trinajstić information content (AvgIpc) is 3.39. The predicted octanol–water partition coefficient (Wildman–Crippen LogP) is 4.26. The van der Waals surface area contributed by atoms with Crippen LogP contribution >= 0.6 is 0 Å². The lowest BCUT2D eigenvalue weighted by Crippen LogP contribution is -2.36. The Bertz CT molecular complexity index is 1190. The molecule has 12 heteroatoms. The summed E-state index contributed by atoms with van der Waals surface area (Å²) in [5.41, 5.74) is 0.181. The van der Waals surface area contributed by atoms with Gasteiger partial charge in [-0.1, -0.05) is 12.1 Å². The molecule has 0 spiro atoms. The normalized spacial score (nSPS) is 18.5. The highest BCUT2D eigenvalue weighted by atomic mass is 19.4. The van der Waals surface area contributed by atoms with Gasteiger partial charge in [0.1, 0.15) is 11.6 Å². The molecular formula is C23H25F3N6O3. The maximum Gasteiger partial charge on any atom is 0.416 e. The summed E-state index contributed by atoms with van der Waals surface area (Å²) in [5, 5.41) is 26.1. The van der Waals surface area contributed by atoms with Crippen molar-refractivity contribution in [1.29, 1.82) is 0 Å². The molecule has 2 N–H and O–H groups in total. The monoisotopic (exact) mass is 490 g/mol. The van der Waals surface area contributed by atoms with E-state index in [1.165, 1.54) is 21.8 Å². The maximum absolute atomic E-state index is 12.8. The number of benzene rings is 2. The van der Waals surface area contributed by atoms with Crippen LogP contribution in [0.4, 0.5) is 29.3 Å². The highest BCUT2D eigenvalue weighted by Crippen LogP contribution is 2.32. The molecule has 4 rings (SSSR count). The van der Waals surface area contributed by atoms with Crippen molar-refractivity contribution in [3.8, 4) is 11.4 Å². The summed E-state index contributed by atoms with van der Waals surface area (Å²) in [6.07, 6.45) is -5.86. The van der Waals surface area contributed by atoms with E-state index in [9.17, 15) is 23.1 Å². The van der Waals surface area contributed by atoms with Gasteiger partial charge in [-0.3, -0.25) is 0 Å². The van der Waals surface area contributed by atoms with E-state index in [1.807, 2.05) is 0 Å². The van der Waals surface area contributed by atoms with Crippen molar-refractivity contribution in [3.63, 3.8) is 0 Å². The number of aromatic nitrogens is 4. The standard InChI is InChI=1S/C23H25F3N6O3/c1-22(2,3)35-21(34)31-12-18(19(33)13-31)32-29-20(28-30-32)16-6-4-5-7-17(16)27-15-10-8-14(9-11-15)23(24,25)26/h4-11,18-19,27,33H,12-13H2,1-3H3. The second-order valence-electron chi connectivity index (χ2n) is 9.20. The third kappa shape index (κ3) is 5.70. The number of tetrazole rings is 1. The number of alkyl halides is 3. The van der Waals surface area contributed by atoms with Crippen LogP contribution in [0, 0.1) is 0 Å². The molecule has 1 fully saturated rings. The Hall–Kier alpha value is -3.67. The van der Waals surface area contributed by atoms with Crippen LogP contribution in [0.3, 0.4) is 0 Å². The first kappa shape index (κ1) is 24.5. The van der Waals surface area contributed by atoms with Gasteiger partial charge in [-0.25, -0.2) is 4.79 Å². The first-order chi connectivity index (χ1) is 16.4. The molecule has 1 aliphatic rings. The number of carbonyl (C=O) groups is 1. The summed E-state index contributed by atoms with van der Waals surface area (Å²) in [6.45, 7) is 5.50. The minimum atomic E-state index is -4.41. The lowest BCUT2D eigenvalue weighted by molar-refractivity contribution is -0.137. The van der Waals surface area contributed by atoms with E-state index in [0.29, 0.717) is 16.9 Å². The zero-order chi connectivity index (χ0) is 25.4. The molecule has 35 heavy (non-hydrogen) atoms. The number of hydrogen-bond donors (Lipinski definition) is 2. The van der Waals surface area contributed by atoms with Crippen molar-refractivity contribution >= 4 is 17.5 Å². The number of nitrogens with zero attached hydrogens (tertiary/aromatic N) is 5. The summed E-state index contributed by atoms with van der Waals surface area (Å²) in [5.74, 6) is 0.253. The minimum Gasteiger partial charge on any atom is -0.444 e. The maximum atomic E-state index is 12.8. The molecule has 1 amide bonds. The highest BCUT2D eigenvalue weighted by Gasteiger charge is 2.39. The minimum absolute atomic E-state index is 0.0719. The van der Waals surface area contributed by atoms with Crippen molar-refractivity contribution in [1.82, 2.24) is 25.1 Å². The molecule has 2 unspecified atom stereocenters. The van der Waals surface area contributed by atoms with Gasteiger partial charge in [-0.2, -0.15) is 18.0 Å². The Kier molecular flexibility index (Phi) is 6.41. The third-order valence-electron chi connectivity index (χ3n) is 5.29. The van der Waals surface area contributed by atoms with Crippen molar-refractivity contribution in [2.24, 2.45) is 0 Å². The fourth-order valence-electron chi connectivity index (χ4n) is 3.63. The molecule has 2 atom stereocenters. The number of halogens is 3. The number of rotatable bonds is 4. The summed E-state index contributed by atoms with van der Waals surface area (Å²) < 4.78 is 43.9. The van der Waals surface area contributed by atoms with Crippen LogP contribution in [-0.4, -0.2) is 61.1 Å². The van der Waals surface area contributed by atoms with Gasteiger partial charge in [-0.05, 0) is 62.4 Å². The number of nitrogens with one attached hydrogen (secondary N) is 1. The number of amides is 1. The highest BCUT2D eigenvalue weighted by molar-refractivity contribution is 5.77. The Morgan fingerprint density at radius 3 is 2.43 bits per heavy atom. The molecular weight excluding hydrogens is 465 g/mol. The smallest absolute Gasteiger partial charge is 0.416 e. The summed E-state index contributed by atoms with van der Waals surface area (Å²) in [4.78, 5) is 15.0. The van der Waals surface area contributed by atoms with E-state index in [1.54, 1.807) is 45.0 Å². The second kappa shape index (κ2) is 9.17. The third-order valence-corrected chi connectivity index (χ3v) is 5.29. The van der Waals surface area contributed by atoms with Gasteiger partial charge in [-0.15, -0.1) is 10.2 Å². The number of β-amino-alcohol motifs (C(OH)–C–C–N with tert-alkyl or cyclic N) is 1. The quantitative estimate of drug-likeness (QED) is 0.563. The predicted molar refractivity (Wildman–Crippen MR) is 121 cm³/mol. The Morgan fingerprint density at radius 1 is 1.09 bits per heavy atom. The number of carbonyl (C=O) groups excluding carboxylic acids is 1. The summed E-state index contributed by atoms with van der Waals surface area (Å²) in [6, 6.07) is 11.1. The van der Waals surface area contributed by atoms with Crippen LogP contribution in [0.2, 0.25) is 0 Å². The van der Waals surface area contributed by atoms with Crippen molar-refractivity contribution in [2.75, 3.05) is 18.4 Å². The zero-order valence-electron chi connectivity index (χ0n) is 19.3. The molecule has 0 radical (unpaired) electrons. The fourth-order valence-corrected chi connectivity index (χ4v) is 3.63. The topological polar surface area (TPSA) is 105 Å². The summed E-state index contributed by atoms with van der Waals surface area (Å²) >= 11 is 0. The lowest BCUT2D eigenvalue weighted by Gasteiger charge is -2.24. The Morgan fingerprint density at radius 2 is 1.77 bits per heavy atom. The van der Waals surface area contributed by atoms with Crippen LogP contribution in [-0.2, 0) is 10.9 Å². The fraction of sp³-hybridized carbons (Fsp3) is 0.391. The largest absolute Gasteiger partial charge is 0.444 e. The number of likely N-dealkylation sites (tertiary alicyclic amines) is 1. The molecule has 3 aromatic rings. The van der Waals surface area contributed by atoms with E-state index < -0.39 is 35.6 Å². The van der Waals surface area contributed by atoms with E-state index >= 15 is 0 Å². The van der Waals surface area contributed by atoms with Gasteiger partial charge in [0.05, 0.1) is 24.8 Å². The van der Waals surface area contributed by atoms with Gasteiger partial charge in [0, 0.05) is 16.9 Å². The molecule has 0 aliphatic carbocycles. The van der Waals surface area contributed by atoms with Crippen LogP contribution < -0.4 is 5.32 Å². The van der Waals surface area contributed by atoms with Gasteiger partial charge >= 0.3 is 12.3 Å².